The fraction of sp³-hybridized carbons (Fsp3) is 0.200. The van der Waals surface area contributed by atoms with Crippen molar-refractivity contribution in [3.8, 4) is 0 Å². The molecule has 0 aromatic heterocycles. The third-order valence-corrected chi connectivity index (χ3v) is 2.11. The molecule has 0 radical (unpaired) electrons. The van der Waals surface area contributed by atoms with Gasteiger partial charge in [-0.1, -0.05) is 0 Å². The van der Waals surface area contributed by atoms with Crippen LogP contribution in [0.25, 0.3) is 0 Å². The fourth-order valence-corrected chi connectivity index (χ4v) is 1.22. The standard InChI is InChI=1S/C5H5.2ClH.Mo.O/c1-2-4-5-3-1;;;;/h1-3H,4H2;2*1H;;. The van der Waals surface area contributed by atoms with Gasteiger partial charge >= 0.3 is 50.5 Å². The Labute approximate surface area is 75.3 Å². The molecule has 1 aliphatic carbocycles. The summed E-state index contributed by atoms with van der Waals surface area (Å²) in [5.74, 6) is 0. The van der Waals surface area contributed by atoms with Crippen LogP contribution in [0.3, 0.4) is 0 Å². The van der Waals surface area contributed by atoms with Crippen molar-refractivity contribution in [1.29, 1.82) is 0 Å². The molecule has 53 valence electrons. The minimum absolute atomic E-state index is 0. The Kier molecular flexibility index (Phi) is 9.07. The van der Waals surface area contributed by atoms with Crippen LogP contribution < -0.4 is 0 Å². The summed E-state index contributed by atoms with van der Waals surface area (Å²) in [5, 5.41) is 0. The maximum absolute atomic E-state index is 10.2. The zero-order valence-electron chi connectivity index (χ0n) is 4.57. The molecule has 0 saturated heterocycles. The summed E-state index contributed by atoms with van der Waals surface area (Å²) < 4.78 is 11.3. The first-order valence-corrected chi connectivity index (χ1v) is 3.91. The summed E-state index contributed by atoms with van der Waals surface area (Å²) in [4.78, 5) is 0. The molecule has 1 aliphatic rings. The van der Waals surface area contributed by atoms with Gasteiger partial charge < -0.3 is 0 Å². The van der Waals surface area contributed by atoms with Gasteiger partial charge in [-0.05, 0) is 0 Å². The molecule has 0 unspecified atom stereocenters. The van der Waals surface area contributed by atoms with E-state index in [1.165, 1.54) is 0 Å². The summed E-state index contributed by atoms with van der Waals surface area (Å²) in [7, 11) is 0. The first kappa shape index (κ1) is 12.2. The molecule has 0 aliphatic heterocycles. The number of hydrogen-bond acceptors (Lipinski definition) is 1. The van der Waals surface area contributed by atoms with Gasteiger partial charge in [0.05, 0.1) is 0 Å². The average Bonchev–Trinajstić information content (AvgIpc) is 2.14. The molecule has 0 N–H and O–H groups in total. The Morgan fingerprint density at radius 1 is 1.44 bits per heavy atom. The van der Waals surface area contributed by atoms with Crippen LogP contribution in [0.4, 0.5) is 0 Å². The molecule has 0 aromatic carbocycles. The summed E-state index contributed by atoms with van der Waals surface area (Å²) in [5.41, 5.74) is 0. The van der Waals surface area contributed by atoms with Crippen molar-refractivity contribution in [3.05, 3.63) is 22.2 Å². The van der Waals surface area contributed by atoms with Gasteiger partial charge in [0, 0.05) is 0 Å². The zero-order chi connectivity index (χ0) is 5.11. The molecule has 4 heteroatoms. The summed E-state index contributed by atoms with van der Waals surface area (Å²) >= 11 is -0.995. The van der Waals surface area contributed by atoms with Gasteiger partial charge in [0.2, 0.25) is 0 Å². The van der Waals surface area contributed by atoms with Crippen LogP contribution in [0.15, 0.2) is 22.2 Å². The van der Waals surface area contributed by atoms with E-state index in [0.717, 1.165) is 10.4 Å². The second-order valence-electron chi connectivity index (χ2n) is 1.35. The van der Waals surface area contributed by atoms with E-state index < -0.39 is 18.5 Å². The monoisotopic (exact) mass is 251 g/mol. The Hall–Kier alpha value is 0.548. The van der Waals surface area contributed by atoms with Crippen LogP contribution in [-0.4, -0.2) is 0 Å². The molecule has 0 aromatic rings. The van der Waals surface area contributed by atoms with E-state index in [4.69, 9.17) is 0 Å². The Balaban J connectivity index is 0. The first-order chi connectivity index (χ1) is 3.43. The average molecular weight is 250 g/mol. The maximum atomic E-state index is 10.2. The number of halogens is 2. The number of hydrogen-bond donors (Lipinski definition) is 0. The molecule has 0 fully saturated rings. The van der Waals surface area contributed by atoms with Gasteiger partial charge in [0.1, 0.15) is 0 Å². The number of allylic oxidation sites excluding steroid dienone is 4. The third-order valence-electron chi connectivity index (χ3n) is 0.844. The van der Waals surface area contributed by atoms with E-state index in [1.54, 1.807) is 0 Å². The second-order valence-corrected chi connectivity index (χ2v) is 3.05. The second kappa shape index (κ2) is 6.67. The van der Waals surface area contributed by atoms with Crippen molar-refractivity contribution in [3.63, 3.8) is 0 Å². The van der Waals surface area contributed by atoms with E-state index in [1.807, 2.05) is 18.2 Å². The van der Waals surface area contributed by atoms with Crippen molar-refractivity contribution in [2.75, 3.05) is 0 Å². The van der Waals surface area contributed by atoms with Crippen molar-refractivity contribution in [1.82, 2.24) is 0 Å². The molecule has 0 heterocycles. The summed E-state index contributed by atoms with van der Waals surface area (Å²) in [6.07, 6.45) is 6.86. The van der Waals surface area contributed by atoms with E-state index in [2.05, 4.69) is 0 Å². The van der Waals surface area contributed by atoms with E-state index in [0.29, 0.717) is 0 Å². The van der Waals surface area contributed by atoms with Crippen LogP contribution in [0.1, 0.15) is 6.42 Å². The SMILES string of the molecule is Cl.Cl.[O]=[Mo][C]1=CC=CC1. The van der Waals surface area contributed by atoms with Gasteiger partial charge in [-0.3, -0.25) is 0 Å². The molecule has 0 saturated carbocycles. The van der Waals surface area contributed by atoms with Crippen LogP contribution in [0, 0.1) is 0 Å². The predicted molar refractivity (Wildman–Crippen MR) is 37.0 cm³/mol. The Morgan fingerprint density at radius 2 is 2.11 bits per heavy atom. The number of rotatable bonds is 1. The molecule has 1 nitrogen and oxygen atoms in total. The Morgan fingerprint density at radius 3 is 2.33 bits per heavy atom. The molecule has 0 bridgehead atoms. The Bertz CT molecular complexity index is 142. The van der Waals surface area contributed by atoms with Crippen molar-refractivity contribution < 1.29 is 21.9 Å². The molecule has 0 amide bonds. The molecule has 0 spiro atoms. The fourth-order valence-electron chi connectivity index (χ4n) is 0.489. The molecule has 9 heavy (non-hydrogen) atoms. The van der Waals surface area contributed by atoms with Gasteiger partial charge in [-0.2, -0.15) is 0 Å². The zero-order valence-corrected chi connectivity index (χ0v) is 8.21. The topological polar surface area (TPSA) is 17.1 Å². The van der Waals surface area contributed by atoms with Gasteiger partial charge in [0.15, 0.2) is 0 Å². The van der Waals surface area contributed by atoms with E-state index in [9.17, 15) is 3.40 Å². The normalized spacial score (nSPS) is 13.1. The first-order valence-electron chi connectivity index (χ1n) is 2.09. The molecular formula is C5H7Cl2MoO. The van der Waals surface area contributed by atoms with E-state index in [-0.39, 0.29) is 24.8 Å². The van der Waals surface area contributed by atoms with Crippen molar-refractivity contribution in [2.45, 2.75) is 6.42 Å². The summed E-state index contributed by atoms with van der Waals surface area (Å²) in [6.45, 7) is 0. The van der Waals surface area contributed by atoms with Crippen LogP contribution in [0.5, 0.6) is 0 Å². The predicted octanol–water partition coefficient (Wildman–Crippen LogP) is 2.10. The van der Waals surface area contributed by atoms with Crippen molar-refractivity contribution >= 4 is 24.8 Å². The van der Waals surface area contributed by atoms with Crippen molar-refractivity contribution in [2.24, 2.45) is 0 Å². The molecular weight excluding hydrogens is 243 g/mol. The van der Waals surface area contributed by atoms with Gasteiger partial charge in [0.25, 0.3) is 0 Å². The van der Waals surface area contributed by atoms with Crippen LogP contribution >= 0.6 is 24.8 Å². The minimum atomic E-state index is -0.995. The van der Waals surface area contributed by atoms with Crippen LogP contribution in [0.2, 0.25) is 0 Å². The van der Waals surface area contributed by atoms with Gasteiger partial charge in [-0.25, -0.2) is 0 Å². The van der Waals surface area contributed by atoms with Gasteiger partial charge in [-0.15, -0.1) is 24.8 Å². The van der Waals surface area contributed by atoms with E-state index >= 15 is 0 Å². The molecule has 1 rings (SSSR count). The molecule has 0 atom stereocenters. The van der Waals surface area contributed by atoms with Crippen LogP contribution in [-0.2, 0) is 21.9 Å². The quantitative estimate of drug-likeness (QED) is 0.651. The third kappa shape index (κ3) is 4.02. The summed E-state index contributed by atoms with van der Waals surface area (Å²) in [6, 6.07) is 0.